The molecule has 8 nitrogen and oxygen atoms in total. The largest absolute Gasteiger partial charge is 0.446 e. The van der Waals surface area contributed by atoms with Crippen LogP contribution in [0.25, 0.3) is 17.3 Å². The summed E-state index contributed by atoms with van der Waals surface area (Å²) >= 11 is 1.26. The van der Waals surface area contributed by atoms with Crippen LogP contribution in [0, 0.1) is 0 Å². The second-order valence-corrected chi connectivity index (χ2v) is 11.7. The Labute approximate surface area is 209 Å². The van der Waals surface area contributed by atoms with Crippen molar-refractivity contribution in [2.45, 2.75) is 52.7 Å². The molecule has 2 aromatic heterocycles. The summed E-state index contributed by atoms with van der Waals surface area (Å²) < 4.78 is 32.2. The zero-order valence-corrected chi connectivity index (χ0v) is 22.2. The van der Waals surface area contributed by atoms with Crippen LogP contribution in [0.15, 0.2) is 36.3 Å². The smallest absolute Gasteiger partial charge is 0.354 e. The van der Waals surface area contributed by atoms with Crippen molar-refractivity contribution in [3.8, 4) is 22.1 Å². The summed E-state index contributed by atoms with van der Waals surface area (Å²) in [6.45, 7) is 7.27. The number of ether oxygens (including phenoxy) is 1. The Balaban J connectivity index is 1.59. The van der Waals surface area contributed by atoms with Gasteiger partial charge in [0.2, 0.25) is 0 Å². The van der Waals surface area contributed by atoms with Gasteiger partial charge in [-0.05, 0) is 75.4 Å². The maximum atomic E-state index is 13.0. The van der Waals surface area contributed by atoms with Gasteiger partial charge in [-0.3, -0.25) is 14.0 Å². The van der Waals surface area contributed by atoms with Gasteiger partial charge >= 0.3 is 7.60 Å². The molecule has 0 unspecified atom stereocenters. The Bertz CT molecular complexity index is 1290. The summed E-state index contributed by atoms with van der Waals surface area (Å²) in [6.07, 6.45) is 4.63. The lowest BCUT2D eigenvalue weighted by molar-refractivity contribution is 0.100. The number of aryl methyl sites for hydroxylation is 2. The normalized spacial score (nSPS) is 13.5. The number of carbonyl (C=O) groups is 1. The molecular weight excluding hydrogens is 485 g/mol. The number of hydrogen-bond acceptors (Lipinski definition) is 7. The summed E-state index contributed by atoms with van der Waals surface area (Å²) in [5.74, 6) is 1.64. The average molecular weight is 516 g/mol. The quantitative estimate of drug-likeness (QED) is 0.343. The van der Waals surface area contributed by atoms with Gasteiger partial charge in [0.1, 0.15) is 5.75 Å². The number of carbonyl (C=O) groups excluding carboxylic acids is 1. The molecule has 1 aliphatic carbocycles. The van der Waals surface area contributed by atoms with E-state index in [4.69, 9.17) is 19.5 Å². The van der Waals surface area contributed by atoms with Gasteiger partial charge in [0.15, 0.2) is 5.06 Å². The van der Waals surface area contributed by atoms with Crippen molar-refractivity contribution in [3.05, 3.63) is 57.8 Å². The topological polar surface area (TPSA) is 106 Å². The summed E-state index contributed by atoms with van der Waals surface area (Å²) in [6, 6.07) is 7.34. The average Bonchev–Trinajstić information content (AvgIpc) is 3.33. The SMILES string of the molecule is CC(C)OP(=O)(/C=C/c1ccc(Oc2sc(C(N)=O)c3c2-c2c(cnn2C)CC3)cc1)OC(C)C. The van der Waals surface area contributed by atoms with Crippen LogP contribution in [-0.4, -0.2) is 27.9 Å². The van der Waals surface area contributed by atoms with E-state index in [1.165, 1.54) is 17.2 Å². The van der Waals surface area contributed by atoms with Crippen LogP contribution in [0.3, 0.4) is 0 Å². The molecule has 35 heavy (non-hydrogen) atoms. The molecule has 0 bridgehead atoms. The van der Waals surface area contributed by atoms with E-state index in [-0.39, 0.29) is 12.2 Å². The first-order chi connectivity index (χ1) is 16.6. The number of nitrogens with two attached hydrogens (primary N) is 1. The van der Waals surface area contributed by atoms with Crippen molar-refractivity contribution in [2.24, 2.45) is 12.8 Å². The molecule has 4 rings (SSSR count). The fraction of sp³-hybridized carbons (Fsp3) is 0.360. The standard InChI is InChI=1S/C25H30N3O5PS/c1-15(2)32-34(30,33-16(3)4)13-12-17-6-9-19(10-7-17)31-25-21-20(23(35-25)24(26)29)11-8-18-14-27-28(5)22(18)21/h6-7,9-10,12-16H,8,11H2,1-5H3,(H2,26,29)/b13-12+. The number of nitrogens with zero attached hydrogens (tertiary/aromatic N) is 2. The zero-order chi connectivity index (χ0) is 25.3. The monoisotopic (exact) mass is 515 g/mol. The minimum Gasteiger partial charge on any atom is -0.446 e. The molecule has 10 heteroatoms. The molecule has 2 N–H and O–H groups in total. The van der Waals surface area contributed by atoms with Crippen LogP contribution in [0.2, 0.25) is 0 Å². The first kappa shape index (κ1) is 25.4. The molecule has 0 fully saturated rings. The number of primary amides is 1. The van der Waals surface area contributed by atoms with Gasteiger partial charge in [0, 0.05) is 12.9 Å². The molecule has 1 aromatic carbocycles. The second kappa shape index (κ2) is 10.1. The molecule has 2 heterocycles. The number of fused-ring (bicyclic) bond motifs is 3. The second-order valence-electron chi connectivity index (χ2n) is 8.91. The highest BCUT2D eigenvalue weighted by Gasteiger charge is 2.31. The van der Waals surface area contributed by atoms with E-state index in [2.05, 4.69) is 5.10 Å². The van der Waals surface area contributed by atoms with E-state index in [1.54, 1.807) is 6.08 Å². The summed E-state index contributed by atoms with van der Waals surface area (Å²) in [5, 5.41) is 5.00. The van der Waals surface area contributed by atoms with Crippen molar-refractivity contribution >= 4 is 30.9 Å². The summed E-state index contributed by atoms with van der Waals surface area (Å²) in [7, 11) is -1.50. The predicted octanol–water partition coefficient (Wildman–Crippen LogP) is 6.15. The first-order valence-electron chi connectivity index (χ1n) is 11.5. The molecule has 0 atom stereocenters. The van der Waals surface area contributed by atoms with Crippen molar-refractivity contribution in [1.29, 1.82) is 0 Å². The lowest BCUT2D eigenvalue weighted by atomic mass is 9.91. The van der Waals surface area contributed by atoms with E-state index < -0.39 is 13.5 Å². The number of benzene rings is 1. The van der Waals surface area contributed by atoms with Crippen LogP contribution in [0.5, 0.6) is 10.8 Å². The minimum atomic E-state index is -3.38. The molecule has 0 saturated carbocycles. The molecule has 3 aromatic rings. The van der Waals surface area contributed by atoms with Crippen molar-refractivity contribution < 1.29 is 23.1 Å². The first-order valence-corrected chi connectivity index (χ1v) is 13.9. The molecule has 1 amide bonds. The van der Waals surface area contributed by atoms with Crippen LogP contribution < -0.4 is 10.5 Å². The number of aromatic nitrogens is 2. The van der Waals surface area contributed by atoms with Gasteiger partial charge in [-0.25, -0.2) is 0 Å². The van der Waals surface area contributed by atoms with Crippen molar-refractivity contribution in [1.82, 2.24) is 9.78 Å². The van der Waals surface area contributed by atoms with E-state index in [0.717, 1.165) is 34.4 Å². The number of hydrogen-bond donors (Lipinski definition) is 1. The molecule has 0 radical (unpaired) electrons. The van der Waals surface area contributed by atoms with Crippen LogP contribution in [0.1, 0.15) is 54.1 Å². The van der Waals surface area contributed by atoms with Gasteiger partial charge in [0.25, 0.3) is 5.91 Å². The Morgan fingerprint density at radius 3 is 2.40 bits per heavy atom. The van der Waals surface area contributed by atoms with Crippen LogP contribution >= 0.6 is 18.9 Å². The molecular formula is C25H30N3O5PS. The lowest BCUT2D eigenvalue weighted by Gasteiger charge is -2.19. The van der Waals surface area contributed by atoms with Gasteiger partial charge < -0.3 is 19.5 Å². The van der Waals surface area contributed by atoms with E-state index in [9.17, 15) is 9.36 Å². The Morgan fingerprint density at radius 1 is 1.14 bits per heavy atom. The Hall–Kier alpha value is -2.71. The Morgan fingerprint density at radius 2 is 1.80 bits per heavy atom. The van der Waals surface area contributed by atoms with E-state index in [1.807, 2.05) is 69.9 Å². The van der Waals surface area contributed by atoms with Crippen LogP contribution in [-0.2, 0) is 33.5 Å². The third-order valence-corrected chi connectivity index (χ3v) is 8.42. The highest BCUT2D eigenvalue weighted by molar-refractivity contribution is 7.57. The third-order valence-electron chi connectivity index (χ3n) is 5.35. The molecule has 1 aliphatic rings. The van der Waals surface area contributed by atoms with E-state index >= 15 is 0 Å². The van der Waals surface area contributed by atoms with Gasteiger partial charge in [0.05, 0.1) is 34.5 Å². The Kier molecular flexibility index (Phi) is 7.33. The minimum absolute atomic E-state index is 0.234. The molecule has 186 valence electrons. The van der Waals surface area contributed by atoms with Gasteiger partial charge in [-0.15, -0.1) is 0 Å². The van der Waals surface area contributed by atoms with Crippen molar-refractivity contribution in [3.63, 3.8) is 0 Å². The fourth-order valence-electron chi connectivity index (χ4n) is 4.05. The highest BCUT2D eigenvalue weighted by atomic mass is 32.1. The fourth-order valence-corrected chi connectivity index (χ4v) is 6.85. The maximum Gasteiger partial charge on any atom is 0.354 e. The summed E-state index contributed by atoms with van der Waals surface area (Å²) in [5.41, 5.74) is 10.4. The zero-order valence-electron chi connectivity index (χ0n) is 20.5. The van der Waals surface area contributed by atoms with Gasteiger partial charge in [-0.1, -0.05) is 23.5 Å². The van der Waals surface area contributed by atoms with Gasteiger partial charge in [-0.2, -0.15) is 5.10 Å². The van der Waals surface area contributed by atoms with Crippen molar-refractivity contribution in [2.75, 3.05) is 0 Å². The molecule has 0 spiro atoms. The summed E-state index contributed by atoms with van der Waals surface area (Å²) in [4.78, 5) is 12.6. The number of thiophene rings is 1. The van der Waals surface area contributed by atoms with E-state index in [0.29, 0.717) is 22.1 Å². The highest BCUT2D eigenvalue weighted by Crippen LogP contribution is 2.52. The lowest BCUT2D eigenvalue weighted by Crippen LogP contribution is -2.13. The maximum absolute atomic E-state index is 13.0. The number of amides is 1. The molecule has 0 aliphatic heterocycles. The third kappa shape index (κ3) is 5.59. The molecule has 0 saturated heterocycles. The predicted molar refractivity (Wildman–Crippen MR) is 138 cm³/mol. The number of rotatable bonds is 9. The van der Waals surface area contributed by atoms with Crippen LogP contribution in [0.4, 0.5) is 0 Å².